The molecule has 0 radical (unpaired) electrons. The lowest BCUT2D eigenvalue weighted by molar-refractivity contribution is -0.121. The zero-order valence-corrected chi connectivity index (χ0v) is 16.1. The van der Waals surface area contributed by atoms with Gasteiger partial charge in [-0.05, 0) is 31.9 Å². The van der Waals surface area contributed by atoms with Crippen molar-refractivity contribution in [3.05, 3.63) is 65.7 Å². The van der Waals surface area contributed by atoms with Gasteiger partial charge in [0.15, 0.2) is 0 Å². The fourth-order valence-electron chi connectivity index (χ4n) is 3.22. The number of aromatic nitrogens is 1. The molecule has 0 saturated heterocycles. The van der Waals surface area contributed by atoms with Crippen molar-refractivity contribution in [2.75, 3.05) is 13.6 Å². The van der Waals surface area contributed by atoms with Gasteiger partial charge in [-0.15, -0.1) is 0 Å². The van der Waals surface area contributed by atoms with Crippen LogP contribution in [0.3, 0.4) is 0 Å². The Hall–Kier alpha value is -3.21. The Labute approximate surface area is 164 Å². The monoisotopic (exact) mass is 373 g/mol. The van der Waals surface area contributed by atoms with E-state index in [4.69, 9.17) is 4.98 Å². The summed E-state index contributed by atoms with van der Waals surface area (Å²) in [5, 5.41) is 3.72. The topological polar surface area (TPSA) is 62.3 Å². The first-order chi connectivity index (χ1) is 13.5. The quantitative estimate of drug-likeness (QED) is 0.744. The normalized spacial score (nSPS) is 13.4. The molecule has 0 bridgehead atoms. The first-order valence-corrected chi connectivity index (χ1v) is 9.53. The molecule has 1 saturated carbocycles. The second-order valence-electron chi connectivity index (χ2n) is 7.44. The lowest BCUT2D eigenvalue weighted by atomic mass is 10.0. The molecule has 142 valence electrons. The SMILES string of the molecule is Cc1ccc(-c2cc(C(=O)N(C)CC(=O)NC3CC3)c3ccccc3n2)cc1. The van der Waals surface area contributed by atoms with Crippen LogP contribution >= 0.6 is 0 Å². The van der Waals surface area contributed by atoms with Crippen LogP contribution in [-0.2, 0) is 4.79 Å². The third-order valence-corrected chi connectivity index (χ3v) is 4.96. The van der Waals surface area contributed by atoms with E-state index in [-0.39, 0.29) is 24.4 Å². The van der Waals surface area contributed by atoms with Crippen LogP contribution < -0.4 is 5.32 Å². The second kappa shape index (κ2) is 7.43. The van der Waals surface area contributed by atoms with Gasteiger partial charge in [0, 0.05) is 24.0 Å². The molecule has 0 aliphatic heterocycles. The summed E-state index contributed by atoms with van der Waals surface area (Å²) in [7, 11) is 1.66. The van der Waals surface area contributed by atoms with E-state index < -0.39 is 0 Å². The third kappa shape index (κ3) is 3.88. The number of carbonyl (C=O) groups excluding carboxylic acids is 2. The molecule has 1 aliphatic carbocycles. The Morgan fingerprint density at radius 3 is 2.54 bits per heavy atom. The summed E-state index contributed by atoms with van der Waals surface area (Å²) in [6.07, 6.45) is 2.05. The highest BCUT2D eigenvalue weighted by atomic mass is 16.2. The van der Waals surface area contributed by atoms with Gasteiger partial charge in [0.25, 0.3) is 5.91 Å². The van der Waals surface area contributed by atoms with Gasteiger partial charge in [-0.2, -0.15) is 0 Å². The average molecular weight is 373 g/mol. The zero-order chi connectivity index (χ0) is 19.7. The molecule has 0 atom stereocenters. The number of hydrogen-bond acceptors (Lipinski definition) is 3. The second-order valence-corrected chi connectivity index (χ2v) is 7.44. The van der Waals surface area contributed by atoms with Crippen LogP contribution in [0.5, 0.6) is 0 Å². The van der Waals surface area contributed by atoms with E-state index in [9.17, 15) is 9.59 Å². The maximum atomic E-state index is 13.2. The fourth-order valence-corrected chi connectivity index (χ4v) is 3.22. The summed E-state index contributed by atoms with van der Waals surface area (Å²) in [6, 6.07) is 17.8. The first-order valence-electron chi connectivity index (χ1n) is 9.53. The van der Waals surface area contributed by atoms with Crippen molar-refractivity contribution in [2.24, 2.45) is 0 Å². The highest BCUT2D eigenvalue weighted by Gasteiger charge is 2.25. The van der Waals surface area contributed by atoms with Gasteiger partial charge < -0.3 is 10.2 Å². The minimum atomic E-state index is -0.182. The smallest absolute Gasteiger partial charge is 0.254 e. The van der Waals surface area contributed by atoms with Gasteiger partial charge in [0.1, 0.15) is 0 Å². The maximum Gasteiger partial charge on any atom is 0.254 e. The predicted octanol–water partition coefficient (Wildman–Crippen LogP) is 3.56. The number of nitrogens with one attached hydrogen (secondary N) is 1. The molecule has 2 aromatic carbocycles. The van der Waals surface area contributed by atoms with Crippen molar-refractivity contribution in [2.45, 2.75) is 25.8 Å². The molecule has 4 rings (SSSR count). The summed E-state index contributed by atoms with van der Waals surface area (Å²) in [5.74, 6) is -0.298. The number of pyridine rings is 1. The van der Waals surface area contributed by atoms with Gasteiger partial charge in [-0.3, -0.25) is 9.59 Å². The molecule has 1 fully saturated rings. The van der Waals surface area contributed by atoms with Crippen molar-refractivity contribution in [3.63, 3.8) is 0 Å². The Bertz CT molecular complexity index is 1040. The van der Waals surface area contributed by atoms with Gasteiger partial charge >= 0.3 is 0 Å². The molecule has 0 spiro atoms. The van der Waals surface area contributed by atoms with Gasteiger partial charge in [-0.25, -0.2) is 4.98 Å². The molecule has 1 N–H and O–H groups in total. The Balaban J connectivity index is 1.68. The Kier molecular flexibility index (Phi) is 4.82. The molecule has 2 amide bonds. The fraction of sp³-hybridized carbons (Fsp3) is 0.261. The molecule has 28 heavy (non-hydrogen) atoms. The summed E-state index contributed by atoms with van der Waals surface area (Å²) in [4.78, 5) is 31.5. The maximum absolute atomic E-state index is 13.2. The van der Waals surface area contributed by atoms with Crippen LogP contribution in [0.4, 0.5) is 0 Å². The van der Waals surface area contributed by atoms with E-state index in [1.807, 2.05) is 61.5 Å². The third-order valence-electron chi connectivity index (χ3n) is 4.96. The Morgan fingerprint density at radius 1 is 1.11 bits per heavy atom. The molecule has 5 nitrogen and oxygen atoms in total. The molecule has 3 aromatic rings. The molecule has 5 heteroatoms. The molecule has 0 unspecified atom stereocenters. The lowest BCUT2D eigenvalue weighted by Gasteiger charge is -2.18. The highest BCUT2D eigenvalue weighted by molar-refractivity contribution is 6.07. The van der Waals surface area contributed by atoms with Crippen LogP contribution in [0.25, 0.3) is 22.2 Å². The molecule has 1 heterocycles. The van der Waals surface area contributed by atoms with Crippen LogP contribution in [0.1, 0.15) is 28.8 Å². The number of fused-ring (bicyclic) bond motifs is 1. The van der Waals surface area contributed by atoms with Crippen LogP contribution in [0.2, 0.25) is 0 Å². The standard InChI is InChI=1S/C23H23N3O2/c1-15-7-9-16(10-8-15)21-13-19(18-5-3-4-6-20(18)25-21)23(28)26(2)14-22(27)24-17-11-12-17/h3-10,13,17H,11-12,14H2,1-2H3,(H,24,27). The number of amides is 2. The van der Waals surface area contributed by atoms with E-state index >= 15 is 0 Å². The van der Waals surface area contributed by atoms with E-state index in [1.54, 1.807) is 7.05 Å². The number of nitrogens with zero attached hydrogens (tertiary/aromatic N) is 2. The Morgan fingerprint density at radius 2 is 1.82 bits per heavy atom. The summed E-state index contributed by atoms with van der Waals surface area (Å²) < 4.78 is 0. The number of likely N-dealkylation sites (N-methyl/N-ethyl adjacent to an activating group) is 1. The number of carbonyl (C=O) groups is 2. The molecular formula is C23H23N3O2. The number of benzene rings is 2. The summed E-state index contributed by atoms with van der Waals surface area (Å²) in [6.45, 7) is 2.08. The minimum absolute atomic E-state index is 0.0475. The summed E-state index contributed by atoms with van der Waals surface area (Å²) in [5.41, 5.74) is 4.20. The summed E-state index contributed by atoms with van der Waals surface area (Å²) >= 11 is 0. The van der Waals surface area contributed by atoms with Gasteiger partial charge in [-0.1, -0.05) is 48.0 Å². The largest absolute Gasteiger partial charge is 0.352 e. The lowest BCUT2D eigenvalue weighted by Crippen LogP contribution is -2.39. The number of hydrogen-bond donors (Lipinski definition) is 1. The van der Waals surface area contributed by atoms with Crippen LogP contribution in [-0.4, -0.2) is 41.3 Å². The van der Waals surface area contributed by atoms with Crippen molar-refractivity contribution >= 4 is 22.7 Å². The van der Waals surface area contributed by atoms with E-state index in [1.165, 1.54) is 10.5 Å². The van der Waals surface area contributed by atoms with Crippen molar-refractivity contribution in [3.8, 4) is 11.3 Å². The number of aryl methyl sites for hydroxylation is 1. The van der Waals surface area contributed by atoms with Gasteiger partial charge in [0.05, 0.1) is 23.3 Å². The predicted molar refractivity (Wildman–Crippen MR) is 110 cm³/mol. The van der Waals surface area contributed by atoms with Crippen molar-refractivity contribution in [1.29, 1.82) is 0 Å². The van der Waals surface area contributed by atoms with Gasteiger partial charge in [0.2, 0.25) is 5.91 Å². The van der Waals surface area contributed by atoms with Crippen molar-refractivity contribution < 1.29 is 9.59 Å². The van der Waals surface area contributed by atoms with Crippen LogP contribution in [0.15, 0.2) is 54.6 Å². The van der Waals surface area contributed by atoms with E-state index in [2.05, 4.69) is 5.32 Å². The first kappa shape index (κ1) is 18.2. The van der Waals surface area contributed by atoms with Crippen molar-refractivity contribution in [1.82, 2.24) is 15.2 Å². The number of rotatable bonds is 5. The zero-order valence-electron chi connectivity index (χ0n) is 16.1. The number of para-hydroxylation sites is 1. The minimum Gasteiger partial charge on any atom is -0.352 e. The molecule has 1 aromatic heterocycles. The molecular weight excluding hydrogens is 350 g/mol. The average Bonchev–Trinajstić information content (AvgIpc) is 3.50. The molecule has 1 aliphatic rings. The van der Waals surface area contributed by atoms with Crippen LogP contribution in [0, 0.1) is 6.92 Å². The van der Waals surface area contributed by atoms with E-state index in [0.717, 1.165) is 35.0 Å². The van der Waals surface area contributed by atoms with E-state index in [0.29, 0.717) is 5.56 Å². The highest BCUT2D eigenvalue weighted by Crippen LogP contribution is 2.26.